The summed E-state index contributed by atoms with van der Waals surface area (Å²) in [6, 6.07) is 0. The molecule has 0 aliphatic heterocycles. The summed E-state index contributed by atoms with van der Waals surface area (Å²) in [5.41, 5.74) is 2.49. The first-order valence-electron chi connectivity index (χ1n) is 2.27. The van der Waals surface area contributed by atoms with Crippen LogP contribution in [-0.4, -0.2) is 19.8 Å². The average Bonchev–Trinajstić information content (AvgIpc) is 1.68. The van der Waals surface area contributed by atoms with Crippen LogP contribution >= 0.6 is 12.4 Å². The highest BCUT2D eigenvalue weighted by Crippen LogP contribution is 1.79. The summed E-state index contributed by atoms with van der Waals surface area (Å²) in [6.45, 7) is 2.65. The first-order valence-corrected chi connectivity index (χ1v) is 2.27. The number of hydrogen-bond donors (Lipinski definition) is 2. The molecule has 0 aromatic heterocycles. The number of nitrogens with one attached hydrogen (secondary N) is 1. The highest BCUT2D eigenvalue weighted by Gasteiger charge is 1.92. The standard InChI is InChI=1S/C4H12N2O.ClH/c1-4(7-2)3-6-5;/h4,6H,3,5H2,1-2H3;1H. The highest BCUT2D eigenvalue weighted by atomic mass is 35.5. The van der Waals surface area contributed by atoms with Gasteiger partial charge >= 0.3 is 0 Å². The summed E-state index contributed by atoms with van der Waals surface area (Å²) in [5, 5.41) is 0. The predicted octanol–water partition coefficient (Wildman–Crippen LogP) is -0.0936. The molecule has 0 saturated carbocycles. The first-order chi connectivity index (χ1) is 3.31. The summed E-state index contributed by atoms with van der Waals surface area (Å²) < 4.78 is 4.85. The van der Waals surface area contributed by atoms with Gasteiger partial charge in [-0.15, -0.1) is 12.4 Å². The molecule has 0 heterocycles. The van der Waals surface area contributed by atoms with Gasteiger partial charge in [0.25, 0.3) is 0 Å². The number of methoxy groups -OCH3 is 1. The third-order valence-electron chi connectivity index (χ3n) is 0.808. The Hall–Kier alpha value is 0.170. The maximum Gasteiger partial charge on any atom is 0.0681 e. The monoisotopic (exact) mass is 140 g/mol. The van der Waals surface area contributed by atoms with Crippen molar-refractivity contribution in [1.82, 2.24) is 5.43 Å². The molecule has 8 heavy (non-hydrogen) atoms. The van der Waals surface area contributed by atoms with Crippen molar-refractivity contribution in [2.24, 2.45) is 5.84 Å². The lowest BCUT2D eigenvalue weighted by molar-refractivity contribution is 0.117. The molecular formula is C4H13ClN2O. The van der Waals surface area contributed by atoms with Crippen LogP contribution in [0.2, 0.25) is 0 Å². The van der Waals surface area contributed by atoms with Crippen molar-refractivity contribution in [1.29, 1.82) is 0 Å². The molecule has 3 nitrogen and oxygen atoms in total. The van der Waals surface area contributed by atoms with Crippen LogP contribution in [0.1, 0.15) is 6.92 Å². The van der Waals surface area contributed by atoms with E-state index in [4.69, 9.17) is 10.6 Å². The van der Waals surface area contributed by atoms with E-state index in [0.717, 1.165) is 0 Å². The quantitative estimate of drug-likeness (QED) is 0.426. The third kappa shape index (κ3) is 6.17. The molecule has 0 aromatic carbocycles. The molecule has 0 amide bonds. The average molecular weight is 141 g/mol. The Balaban J connectivity index is 0. The number of hydrazine groups is 1. The summed E-state index contributed by atoms with van der Waals surface area (Å²) in [4.78, 5) is 0. The lowest BCUT2D eigenvalue weighted by atomic mass is 10.4. The lowest BCUT2D eigenvalue weighted by Crippen LogP contribution is -2.31. The van der Waals surface area contributed by atoms with Gasteiger partial charge in [-0.2, -0.15) is 0 Å². The molecule has 0 aliphatic rings. The number of hydrogen-bond acceptors (Lipinski definition) is 3. The Morgan fingerprint density at radius 1 is 1.75 bits per heavy atom. The van der Waals surface area contributed by atoms with E-state index in [0.29, 0.717) is 6.54 Å². The molecule has 3 N–H and O–H groups in total. The first kappa shape index (κ1) is 11.0. The Labute approximate surface area is 56.0 Å². The molecule has 0 rings (SSSR count). The van der Waals surface area contributed by atoms with Gasteiger partial charge in [0.05, 0.1) is 6.10 Å². The molecule has 0 spiro atoms. The van der Waals surface area contributed by atoms with Crippen LogP contribution in [0.5, 0.6) is 0 Å². The van der Waals surface area contributed by atoms with Crippen molar-refractivity contribution in [2.75, 3.05) is 13.7 Å². The van der Waals surface area contributed by atoms with Gasteiger partial charge in [0.1, 0.15) is 0 Å². The summed E-state index contributed by atoms with van der Waals surface area (Å²) in [5.74, 6) is 4.97. The van der Waals surface area contributed by atoms with E-state index >= 15 is 0 Å². The van der Waals surface area contributed by atoms with E-state index in [1.165, 1.54) is 0 Å². The topological polar surface area (TPSA) is 47.3 Å². The van der Waals surface area contributed by atoms with Gasteiger partial charge in [-0.25, -0.2) is 0 Å². The molecule has 0 radical (unpaired) electrons. The molecule has 52 valence electrons. The SMILES string of the molecule is COC(C)CNN.Cl. The largest absolute Gasteiger partial charge is 0.380 e. The van der Waals surface area contributed by atoms with Gasteiger partial charge in [0, 0.05) is 13.7 Å². The fourth-order valence-electron chi connectivity index (χ4n) is 0.249. The molecule has 0 bridgehead atoms. The number of rotatable bonds is 3. The molecular weight excluding hydrogens is 128 g/mol. The van der Waals surface area contributed by atoms with E-state index in [1.54, 1.807) is 7.11 Å². The van der Waals surface area contributed by atoms with Crippen LogP contribution in [0.3, 0.4) is 0 Å². The maximum absolute atomic E-state index is 4.97. The van der Waals surface area contributed by atoms with Gasteiger partial charge < -0.3 is 4.74 Å². The minimum absolute atomic E-state index is 0. The van der Waals surface area contributed by atoms with E-state index in [-0.39, 0.29) is 18.5 Å². The lowest BCUT2D eigenvalue weighted by Gasteiger charge is -2.05. The fraction of sp³-hybridized carbons (Fsp3) is 1.00. The smallest absolute Gasteiger partial charge is 0.0681 e. The number of ether oxygens (including phenoxy) is 1. The normalized spacial score (nSPS) is 12.4. The van der Waals surface area contributed by atoms with Crippen molar-refractivity contribution in [3.05, 3.63) is 0 Å². The van der Waals surface area contributed by atoms with Crippen LogP contribution in [0.4, 0.5) is 0 Å². The van der Waals surface area contributed by atoms with E-state index in [1.807, 2.05) is 6.92 Å². The molecule has 0 aromatic rings. The third-order valence-corrected chi connectivity index (χ3v) is 0.808. The molecule has 0 fully saturated rings. The fourth-order valence-corrected chi connectivity index (χ4v) is 0.249. The molecule has 0 saturated heterocycles. The van der Waals surface area contributed by atoms with Gasteiger partial charge in [-0.1, -0.05) is 0 Å². The Kier molecular flexibility index (Phi) is 9.89. The number of nitrogens with two attached hydrogens (primary N) is 1. The van der Waals surface area contributed by atoms with E-state index < -0.39 is 0 Å². The zero-order chi connectivity index (χ0) is 5.70. The minimum Gasteiger partial charge on any atom is -0.380 e. The van der Waals surface area contributed by atoms with Gasteiger partial charge in [-0.05, 0) is 6.92 Å². The maximum atomic E-state index is 4.97. The van der Waals surface area contributed by atoms with Crippen molar-refractivity contribution in [3.8, 4) is 0 Å². The summed E-state index contributed by atoms with van der Waals surface area (Å²) in [7, 11) is 1.65. The molecule has 4 heteroatoms. The summed E-state index contributed by atoms with van der Waals surface area (Å²) in [6.07, 6.45) is 0.213. The summed E-state index contributed by atoms with van der Waals surface area (Å²) >= 11 is 0. The Morgan fingerprint density at radius 2 is 2.25 bits per heavy atom. The second-order valence-corrected chi connectivity index (χ2v) is 1.45. The minimum atomic E-state index is 0. The Bertz CT molecular complexity index is 45.0. The second kappa shape index (κ2) is 7.17. The van der Waals surface area contributed by atoms with Crippen LogP contribution < -0.4 is 11.3 Å². The van der Waals surface area contributed by atoms with Crippen molar-refractivity contribution < 1.29 is 4.74 Å². The Morgan fingerprint density at radius 3 is 2.38 bits per heavy atom. The zero-order valence-electron chi connectivity index (χ0n) is 5.18. The molecule has 1 atom stereocenters. The predicted molar refractivity (Wildman–Crippen MR) is 35.9 cm³/mol. The van der Waals surface area contributed by atoms with Gasteiger partial charge in [-0.3, -0.25) is 11.3 Å². The van der Waals surface area contributed by atoms with Crippen LogP contribution in [-0.2, 0) is 4.74 Å². The van der Waals surface area contributed by atoms with Crippen molar-refractivity contribution in [2.45, 2.75) is 13.0 Å². The number of halogens is 1. The zero-order valence-corrected chi connectivity index (χ0v) is 5.99. The van der Waals surface area contributed by atoms with E-state index in [2.05, 4.69) is 5.43 Å². The highest BCUT2D eigenvalue weighted by molar-refractivity contribution is 5.85. The molecule has 1 unspecified atom stereocenters. The van der Waals surface area contributed by atoms with Gasteiger partial charge in [0.2, 0.25) is 0 Å². The van der Waals surface area contributed by atoms with Crippen LogP contribution in [0.25, 0.3) is 0 Å². The van der Waals surface area contributed by atoms with Crippen LogP contribution in [0.15, 0.2) is 0 Å². The second-order valence-electron chi connectivity index (χ2n) is 1.45. The van der Waals surface area contributed by atoms with E-state index in [9.17, 15) is 0 Å². The van der Waals surface area contributed by atoms with Gasteiger partial charge in [0.15, 0.2) is 0 Å². The van der Waals surface area contributed by atoms with Crippen molar-refractivity contribution >= 4 is 12.4 Å². The van der Waals surface area contributed by atoms with Crippen LogP contribution in [0, 0.1) is 0 Å². The van der Waals surface area contributed by atoms with Crippen molar-refractivity contribution in [3.63, 3.8) is 0 Å². The molecule has 0 aliphatic carbocycles.